The van der Waals surface area contributed by atoms with E-state index in [1.165, 1.54) is 12.1 Å². The molecule has 0 aliphatic heterocycles. The summed E-state index contributed by atoms with van der Waals surface area (Å²) in [6.45, 7) is 3.46. The van der Waals surface area contributed by atoms with Gasteiger partial charge in [-0.25, -0.2) is 9.13 Å². The van der Waals surface area contributed by atoms with Crippen LogP contribution in [0, 0.1) is 23.4 Å². The van der Waals surface area contributed by atoms with Crippen LogP contribution in [0.2, 0.25) is 0 Å². The third-order valence-corrected chi connectivity index (χ3v) is 7.12. The summed E-state index contributed by atoms with van der Waals surface area (Å²) >= 11 is 11.2. The van der Waals surface area contributed by atoms with Crippen LogP contribution in [0.5, 0.6) is 0 Å². The molecule has 0 unspecified atom stereocenters. The molecule has 198 valence electrons. The van der Waals surface area contributed by atoms with Gasteiger partial charge in [-0.05, 0) is 86.8 Å². The highest BCUT2D eigenvalue weighted by Gasteiger charge is 2.18. The first-order chi connectivity index (χ1) is 19.2. The number of nitrogens with zero attached hydrogens (tertiary/aromatic N) is 4. The summed E-state index contributed by atoms with van der Waals surface area (Å²) in [6.07, 6.45) is 0. The first-order valence-corrected chi connectivity index (χ1v) is 13.0. The smallest absolute Gasteiger partial charge is 0.267 e. The number of rotatable bonds is 4. The molecule has 0 radical (unpaired) electrons. The zero-order valence-corrected chi connectivity index (χ0v) is 23.1. The van der Waals surface area contributed by atoms with Crippen LogP contribution in [-0.2, 0) is 0 Å². The molecule has 0 N–H and O–H groups in total. The summed E-state index contributed by atoms with van der Waals surface area (Å²) in [4.78, 5) is 51.8. The summed E-state index contributed by atoms with van der Waals surface area (Å²) in [5.41, 5.74) is 1.97. The minimum absolute atomic E-state index is 0.0291. The summed E-state index contributed by atoms with van der Waals surface area (Å²) in [5, 5.41) is 0. The van der Waals surface area contributed by atoms with E-state index in [9.17, 15) is 19.2 Å². The normalized spacial score (nSPS) is 10.8. The molecule has 10 heteroatoms. The van der Waals surface area contributed by atoms with Crippen molar-refractivity contribution < 1.29 is 9.59 Å². The van der Waals surface area contributed by atoms with Crippen LogP contribution in [0.3, 0.4) is 0 Å². The third-order valence-electron chi connectivity index (χ3n) is 6.39. The van der Waals surface area contributed by atoms with Gasteiger partial charge in [0.25, 0.3) is 22.9 Å². The van der Waals surface area contributed by atoms with Crippen LogP contribution in [0.4, 0.5) is 0 Å². The Morgan fingerprint density at radius 3 is 1.20 bits per heavy atom. The highest BCUT2D eigenvalue weighted by atomic mass is 32.1. The van der Waals surface area contributed by atoms with Crippen molar-refractivity contribution >= 4 is 36.3 Å². The lowest BCUT2D eigenvalue weighted by molar-refractivity contribution is 0.0943. The van der Waals surface area contributed by atoms with E-state index in [0.29, 0.717) is 33.9 Å². The van der Waals surface area contributed by atoms with Gasteiger partial charge in [-0.1, -0.05) is 36.4 Å². The SMILES string of the molecule is Cc1cc(=O)n(C(=O)c2ccccc2)c(=S)n1-c1ccc(-n2c(C)cc(=O)n(C(=O)c3ccccc3)c2=S)cc1. The molecule has 0 saturated carbocycles. The molecule has 0 bridgehead atoms. The molecule has 0 saturated heterocycles. The van der Waals surface area contributed by atoms with E-state index >= 15 is 0 Å². The van der Waals surface area contributed by atoms with Crippen LogP contribution in [0.15, 0.2) is 107 Å². The molecule has 0 aliphatic carbocycles. The molecule has 0 atom stereocenters. The zero-order chi connectivity index (χ0) is 28.6. The molecular formula is C30H22N4O4S2. The van der Waals surface area contributed by atoms with Crippen LogP contribution in [0.25, 0.3) is 11.4 Å². The summed E-state index contributed by atoms with van der Waals surface area (Å²) in [5.74, 6) is -1.04. The number of benzene rings is 3. The van der Waals surface area contributed by atoms with Crippen molar-refractivity contribution in [3.8, 4) is 11.4 Å². The van der Waals surface area contributed by atoms with E-state index < -0.39 is 22.9 Å². The average molecular weight is 567 g/mol. The lowest BCUT2D eigenvalue weighted by atomic mass is 10.2. The minimum atomic E-state index is -0.520. The van der Waals surface area contributed by atoms with Crippen molar-refractivity contribution in [3.05, 3.63) is 150 Å². The number of hydrogen-bond donors (Lipinski definition) is 0. The Labute approximate surface area is 238 Å². The first kappa shape index (κ1) is 26.8. The maximum absolute atomic E-state index is 13.1. The highest BCUT2D eigenvalue weighted by Crippen LogP contribution is 2.18. The van der Waals surface area contributed by atoms with Crippen LogP contribution < -0.4 is 11.1 Å². The van der Waals surface area contributed by atoms with Gasteiger partial charge in [-0.2, -0.15) is 0 Å². The van der Waals surface area contributed by atoms with Gasteiger partial charge in [0.1, 0.15) is 0 Å². The van der Waals surface area contributed by atoms with Gasteiger partial charge >= 0.3 is 0 Å². The fourth-order valence-electron chi connectivity index (χ4n) is 4.48. The second-order valence-corrected chi connectivity index (χ2v) is 9.74. The number of carbonyl (C=O) groups excluding carboxylic acids is 2. The van der Waals surface area contributed by atoms with Gasteiger partial charge in [0.15, 0.2) is 9.54 Å². The van der Waals surface area contributed by atoms with Crippen LogP contribution in [0.1, 0.15) is 32.1 Å². The fourth-order valence-corrected chi connectivity index (χ4v) is 5.32. The van der Waals surface area contributed by atoms with E-state index in [-0.39, 0.29) is 9.54 Å². The van der Waals surface area contributed by atoms with E-state index in [4.69, 9.17) is 24.4 Å². The van der Waals surface area contributed by atoms with E-state index in [2.05, 4.69) is 0 Å². The van der Waals surface area contributed by atoms with Crippen molar-refractivity contribution in [1.29, 1.82) is 0 Å². The third kappa shape index (κ3) is 4.74. The molecule has 5 aromatic rings. The van der Waals surface area contributed by atoms with Crippen molar-refractivity contribution in [2.75, 3.05) is 0 Å². The molecule has 40 heavy (non-hydrogen) atoms. The Morgan fingerprint density at radius 1 is 0.550 bits per heavy atom. The predicted molar refractivity (Wildman–Crippen MR) is 157 cm³/mol. The quantitative estimate of drug-likeness (QED) is 0.283. The van der Waals surface area contributed by atoms with Crippen LogP contribution in [-0.4, -0.2) is 30.1 Å². The van der Waals surface area contributed by atoms with E-state index in [0.717, 1.165) is 9.13 Å². The van der Waals surface area contributed by atoms with Gasteiger partial charge in [-0.15, -0.1) is 0 Å². The van der Waals surface area contributed by atoms with Gasteiger partial charge in [-0.3, -0.25) is 28.3 Å². The van der Waals surface area contributed by atoms with Crippen molar-refractivity contribution in [3.63, 3.8) is 0 Å². The standard InChI is InChI=1S/C30H22N4O4S2/c1-19-17-25(35)33(27(37)21-9-5-3-6-10-21)29(39)31(19)23-13-15-24(16-14-23)32-20(2)18-26(36)34(30(32)40)28(38)22-11-7-4-8-12-22/h3-18H,1-2H3. The maximum atomic E-state index is 13.1. The molecule has 3 aromatic carbocycles. The number of carbonyl (C=O) groups is 2. The highest BCUT2D eigenvalue weighted by molar-refractivity contribution is 7.71. The summed E-state index contributed by atoms with van der Waals surface area (Å²) in [6, 6.07) is 26.7. The molecule has 0 fully saturated rings. The lowest BCUT2D eigenvalue weighted by Crippen LogP contribution is -2.31. The molecule has 0 spiro atoms. The largest absolute Gasteiger partial charge is 0.291 e. The molecule has 5 rings (SSSR count). The van der Waals surface area contributed by atoms with Gasteiger partial charge in [0.2, 0.25) is 0 Å². The average Bonchev–Trinajstić information content (AvgIpc) is 2.94. The molecule has 2 heterocycles. The fraction of sp³-hybridized carbons (Fsp3) is 0.0667. The minimum Gasteiger partial charge on any atom is -0.291 e. The topological polar surface area (TPSA) is 88.0 Å². The zero-order valence-electron chi connectivity index (χ0n) is 21.5. The molecule has 0 amide bonds. The maximum Gasteiger partial charge on any atom is 0.267 e. The van der Waals surface area contributed by atoms with Crippen molar-refractivity contribution in [2.24, 2.45) is 0 Å². The molecule has 0 aliphatic rings. The second kappa shape index (κ2) is 10.8. The number of aromatic nitrogens is 4. The second-order valence-electron chi connectivity index (χ2n) is 9.01. The van der Waals surface area contributed by atoms with Crippen LogP contribution >= 0.6 is 24.4 Å². The Bertz CT molecular complexity index is 1870. The Balaban J connectivity index is 1.60. The van der Waals surface area contributed by atoms with Crippen molar-refractivity contribution in [2.45, 2.75) is 13.8 Å². The summed E-state index contributed by atoms with van der Waals surface area (Å²) in [7, 11) is 0. The predicted octanol–water partition coefficient (Wildman–Crippen LogP) is 5.04. The first-order valence-electron chi connectivity index (χ1n) is 12.2. The lowest BCUT2D eigenvalue weighted by Gasteiger charge is -2.17. The monoisotopic (exact) mass is 566 g/mol. The molecule has 2 aromatic heterocycles. The number of aryl methyl sites for hydroxylation is 2. The van der Waals surface area contributed by atoms with Gasteiger partial charge in [0, 0.05) is 46.0 Å². The Hall–Kier alpha value is -4.80. The van der Waals surface area contributed by atoms with E-state index in [1.54, 1.807) is 108 Å². The van der Waals surface area contributed by atoms with Gasteiger partial charge < -0.3 is 0 Å². The Morgan fingerprint density at radius 2 is 0.875 bits per heavy atom. The Kier molecular flexibility index (Phi) is 7.20. The van der Waals surface area contributed by atoms with Crippen molar-refractivity contribution in [1.82, 2.24) is 18.3 Å². The number of hydrogen-bond acceptors (Lipinski definition) is 6. The molecular weight excluding hydrogens is 544 g/mol. The summed E-state index contributed by atoms with van der Waals surface area (Å²) < 4.78 is 5.26. The molecule has 8 nitrogen and oxygen atoms in total. The van der Waals surface area contributed by atoms with Gasteiger partial charge in [0.05, 0.1) is 0 Å². The van der Waals surface area contributed by atoms with E-state index in [1.807, 2.05) is 0 Å².